The molecule has 1 aliphatic heterocycles. The quantitative estimate of drug-likeness (QED) is 0.643. The first-order valence-corrected chi connectivity index (χ1v) is 10.5. The van der Waals surface area contributed by atoms with E-state index in [4.69, 9.17) is 4.98 Å². The summed E-state index contributed by atoms with van der Waals surface area (Å²) in [6.07, 6.45) is 1.81. The minimum atomic E-state index is 0.839. The molecule has 0 atom stereocenters. The molecule has 160 valence electrons. The number of benzene rings is 1. The summed E-state index contributed by atoms with van der Waals surface area (Å²) in [5, 5.41) is 7.97. The monoisotopic (exact) mass is 408 g/mol. The average Bonchev–Trinajstić information content (AvgIpc) is 3.21. The van der Waals surface area contributed by atoms with E-state index >= 15 is 0 Å². The van der Waals surface area contributed by atoms with Crippen LogP contribution < -0.4 is 15.1 Å². The molecule has 30 heavy (non-hydrogen) atoms. The summed E-state index contributed by atoms with van der Waals surface area (Å²) in [5.74, 6) is 1.93. The van der Waals surface area contributed by atoms with Crippen LogP contribution in [0, 0.1) is 0 Å². The molecule has 0 spiro atoms. The van der Waals surface area contributed by atoms with E-state index in [0.29, 0.717) is 0 Å². The second-order valence-electron chi connectivity index (χ2n) is 8.30. The van der Waals surface area contributed by atoms with Crippen LogP contribution in [0.2, 0.25) is 0 Å². The molecule has 0 bridgehead atoms. The van der Waals surface area contributed by atoms with E-state index in [1.807, 2.05) is 30.9 Å². The van der Waals surface area contributed by atoms with Crippen molar-refractivity contribution in [2.45, 2.75) is 0 Å². The number of rotatable bonds is 7. The van der Waals surface area contributed by atoms with Gasteiger partial charge in [0.15, 0.2) is 5.65 Å². The van der Waals surface area contributed by atoms with Crippen molar-refractivity contribution in [1.29, 1.82) is 0 Å². The Hall–Kier alpha value is -2.84. The molecule has 1 saturated heterocycles. The highest BCUT2D eigenvalue weighted by molar-refractivity contribution is 5.65. The van der Waals surface area contributed by atoms with E-state index < -0.39 is 0 Å². The van der Waals surface area contributed by atoms with Crippen LogP contribution >= 0.6 is 0 Å². The molecule has 1 fully saturated rings. The number of hydrogen-bond donors (Lipinski definition) is 1. The molecule has 0 radical (unpaired) electrons. The molecule has 4 rings (SSSR count). The maximum Gasteiger partial charge on any atom is 0.159 e. The number of hydrogen-bond acceptors (Lipinski definition) is 7. The third-order valence-corrected chi connectivity index (χ3v) is 5.56. The fourth-order valence-electron chi connectivity index (χ4n) is 3.72. The maximum absolute atomic E-state index is 4.74. The molecule has 0 aliphatic carbocycles. The summed E-state index contributed by atoms with van der Waals surface area (Å²) >= 11 is 0. The van der Waals surface area contributed by atoms with E-state index in [1.54, 1.807) is 0 Å². The Morgan fingerprint density at radius 3 is 2.37 bits per heavy atom. The average molecular weight is 409 g/mol. The highest BCUT2D eigenvalue weighted by atomic mass is 15.4. The third kappa shape index (κ3) is 4.66. The molecule has 1 aliphatic rings. The van der Waals surface area contributed by atoms with Gasteiger partial charge in [-0.3, -0.25) is 4.90 Å². The minimum absolute atomic E-state index is 0.839. The Bertz CT molecular complexity index is 955. The first-order chi connectivity index (χ1) is 14.5. The molecule has 3 heterocycles. The SMILES string of the molecule is CN(C)CCN1CCN(c2cc(Nc3ccc(N(C)C)cc3)nc3ccnn23)CC1. The largest absolute Gasteiger partial charge is 0.378 e. The zero-order chi connectivity index (χ0) is 21.1. The van der Waals surface area contributed by atoms with Gasteiger partial charge in [0.05, 0.1) is 6.20 Å². The number of anilines is 4. The summed E-state index contributed by atoms with van der Waals surface area (Å²) in [5.41, 5.74) is 3.05. The van der Waals surface area contributed by atoms with Crippen LogP contribution in [0.3, 0.4) is 0 Å². The van der Waals surface area contributed by atoms with Crippen molar-refractivity contribution in [3.8, 4) is 0 Å². The highest BCUT2D eigenvalue weighted by Gasteiger charge is 2.20. The van der Waals surface area contributed by atoms with Crippen molar-refractivity contribution in [2.24, 2.45) is 0 Å². The Balaban J connectivity index is 1.50. The van der Waals surface area contributed by atoms with Crippen molar-refractivity contribution < 1.29 is 0 Å². The zero-order valence-electron chi connectivity index (χ0n) is 18.4. The van der Waals surface area contributed by atoms with Gasteiger partial charge in [-0.1, -0.05) is 0 Å². The second kappa shape index (κ2) is 8.89. The maximum atomic E-state index is 4.74. The lowest BCUT2D eigenvalue weighted by atomic mass is 10.2. The van der Waals surface area contributed by atoms with Crippen molar-refractivity contribution in [3.05, 3.63) is 42.6 Å². The Labute approximate surface area is 178 Å². The van der Waals surface area contributed by atoms with Gasteiger partial charge in [0.25, 0.3) is 0 Å². The van der Waals surface area contributed by atoms with Gasteiger partial charge in [-0.05, 0) is 38.4 Å². The first-order valence-electron chi connectivity index (χ1n) is 10.5. The molecular formula is C22H32N8. The lowest BCUT2D eigenvalue weighted by Gasteiger charge is -2.36. The van der Waals surface area contributed by atoms with Crippen molar-refractivity contribution in [3.63, 3.8) is 0 Å². The zero-order valence-corrected chi connectivity index (χ0v) is 18.4. The molecule has 0 amide bonds. The van der Waals surface area contributed by atoms with E-state index in [1.165, 1.54) is 5.69 Å². The lowest BCUT2D eigenvalue weighted by Crippen LogP contribution is -2.48. The second-order valence-corrected chi connectivity index (χ2v) is 8.30. The summed E-state index contributed by atoms with van der Waals surface area (Å²) in [7, 11) is 8.35. The fourth-order valence-corrected chi connectivity index (χ4v) is 3.72. The normalized spacial score (nSPS) is 15.2. The predicted octanol–water partition coefficient (Wildman–Crippen LogP) is 2.22. The predicted molar refractivity (Wildman–Crippen MR) is 124 cm³/mol. The van der Waals surface area contributed by atoms with E-state index in [0.717, 1.165) is 62.2 Å². The molecule has 2 aromatic heterocycles. The van der Waals surface area contributed by atoms with Gasteiger partial charge in [-0.25, -0.2) is 4.98 Å². The molecular weight excluding hydrogens is 376 g/mol. The lowest BCUT2D eigenvalue weighted by molar-refractivity contribution is 0.229. The van der Waals surface area contributed by atoms with Gasteiger partial charge in [-0.2, -0.15) is 9.61 Å². The van der Waals surface area contributed by atoms with E-state index in [-0.39, 0.29) is 0 Å². The molecule has 8 heteroatoms. The molecule has 1 N–H and O–H groups in total. The van der Waals surface area contributed by atoms with Gasteiger partial charge >= 0.3 is 0 Å². The van der Waals surface area contributed by atoms with Crippen LogP contribution in [0.15, 0.2) is 42.6 Å². The Kier molecular flexibility index (Phi) is 6.06. The summed E-state index contributed by atoms with van der Waals surface area (Å²) in [4.78, 5) is 14.0. The number of piperazine rings is 1. The summed E-state index contributed by atoms with van der Waals surface area (Å²) in [6.45, 7) is 6.32. The molecule has 8 nitrogen and oxygen atoms in total. The van der Waals surface area contributed by atoms with Crippen LogP contribution in [-0.2, 0) is 0 Å². The number of nitrogens with one attached hydrogen (secondary N) is 1. The van der Waals surface area contributed by atoms with Gasteiger partial charge in [-0.15, -0.1) is 0 Å². The van der Waals surface area contributed by atoms with Gasteiger partial charge in [0.2, 0.25) is 0 Å². The standard InChI is InChI=1S/C22H32N8/c1-26(2)11-12-28-13-15-29(16-14-28)22-17-20(25-21-9-10-23-30(21)22)24-18-5-7-19(8-6-18)27(3)4/h5-10,17H,11-16H2,1-4H3,(H,24,25). The third-order valence-electron chi connectivity index (χ3n) is 5.56. The van der Waals surface area contributed by atoms with Gasteiger partial charge in [0.1, 0.15) is 11.6 Å². The highest BCUT2D eigenvalue weighted by Crippen LogP contribution is 2.24. The van der Waals surface area contributed by atoms with Crippen molar-refractivity contribution in [1.82, 2.24) is 24.4 Å². The molecule has 0 unspecified atom stereocenters. The van der Waals surface area contributed by atoms with E-state index in [9.17, 15) is 0 Å². The van der Waals surface area contributed by atoms with Crippen LogP contribution in [0.1, 0.15) is 0 Å². The van der Waals surface area contributed by atoms with Crippen LogP contribution in [0.5, 0.6) is 0 Å². The van der Waals surface area contributed by atoms with Crippen LogP contribution in [0.4, 0.5) is 23.0 Å². The Morgan fingerprint density at radius 2 is 1.70 bits per heavy atom. The molecule has 3 aromatic rings. The van der Waals surface area contributed by atoms with Crippen molar-refractivity contribution in [2.75, 3.05) is 82.6 Å². The van der Waals surface area contributed by atoms with Crippen LogP contribution in [0.25, 0.3) is 5.65 Å². The topological polar surface area (TPSA) is 55.2 Å². The number of nitrogens with zero attached hydrogens (tertiary/aromatic N) is 7. The first kappa shape index (κ1) is 20.4. The summed E-state index contributed by atoms with van der Waals surface area (Å²) in [6, 6.07) is 12.4. The summed E-state index contributed by atoms with van der Waals surface area (Å²) < 4.78 is 1.94. The van der Waals surface area contributed by atoms with Gasteiger partial charge < -0.3 is 20.0 Å². The van der Waals surface area contributed by atoms with E-state index in [2.05, 4.69) is 74.4 Å². The minimum Gasteiger partial charge on any atom is -0.378 e. The van der Waals surface area contributed by atoms with Crippen LogP contribution in [-0.4, -0.2) is 91.9 Å². The molecule has 1 aromatic carbocycles. The molecule has 0 saturated carbocycles. The number of likely N-dealkylation sites (N-methyl/N-ethyl adjacent to an activating group) is 1. The Morgan fingerprint density at radius 1 is 0.967 bits per heavy atom. The van der Waals surface area contributed by atoms with Crippen molar-refractivity contribution >= 4 is 28.7 Å². The van der Waals surface area contributed by atoms with Gasteiger partial charge in [0, 0.05) is 76.9 Å². The smallest absolute Gasteiger partial charge is 0.159 e. The number of fused-ring (bicyclic) bond motifs is 1. The number of aromatic nitrogens is 3. The fraction of sp³-hybridized carbons (Fsp3) is 0.455.